The number of nitrogens with zero attached hydrogens (tertiary/aromatic N) is 2. The van der Waals surface area contributed by atoms with E-state index in [-0.39, 0.29) is 12.3 Å². The number of hydrogen-bond donors (Lipinski definition) is 1. The van der Waals surface area contributed by atoms with Crippen molar-refractivity contribution in [3.05, 3.63) is 40.3 Å². The second kappa shape index (κ2) is 7.94. The number of aromatic nitrogens is 1. The number of benzene rings is 1. The van der Waals surface area contributed by atoms with Gasteiger partial charge in [-0.1, -0.05) is 6.07 Å². The molecule has 1 heterocycles. The lowest BCUT2D eigenvalue weighted by Gasteiger charge is -2.19. The van der Waals surface area contributed by atoms with Crippen LogP contribution in [0.2, 0.25) is 0 Å². The molecule has 2 N–H and O–H groups in total. The van der Waals surface area contributed by atoms with E-state index >= 15 is 0 Å². The minimum absolute atomic E-state index is 0.0275. The summed E-state index contributed by atoms with van der Waals surface area (Å²) in [7, 11) is 4.90. The van der Waals surface area contributed by atoms with Crippen LogP contribution in [0, 0.1) is 0 Å². The fourth-order valence-corrected chi connectivity index (χ4v) is 2.74. The van der Waals surface area contributed by atoms with Gasteiger partial charge in [-0.05, 0) is 17.7 Å². The maximum Gasteiger partial charge on any atom is 0.224 e. The third-order valence-electron chi connectivity index (χ3n) is 3.54. The summed E-state index contributed by atoms with van der Waals surface area (Å²) in [6, 6.07) is 5.04. The van der Waals surface area contributed by atoms with Crippen molar-refractivity contribution < 1.29 is 14.3 Å². The van der Waals surface area contributed by atoms with Gasteiger partial charge in [-0.25, -0.2) is 4.98 Å². The number of methoxy groups -OCH3 is 2. The van der Waals surface area contributed by atoms with E-state index in [4.69, 9.17) is 15.2 Å². The Balaban J connectivity index is 2.00. The lowest BCUT2D eigenvalue weighted by molar-refractivity contribution is -0.130. The van der Waals surface area contributed by atoms with Crippen LogP contribution < -0.4 is 15.2 Å². The minimum Gasteiger partial charge on any atom is -0.493 e. The number of carbonyl (C=O) groups excluding carboxylic acids is 1. The molecule has 124 valence electrons. The van der Waals surface area contributed by atoms with Gasteiger partial charge in [0, 0.05) is 24.9 Å². The highest BCUT2D eigenvalue weighted by Crippen LogP contribution is 2.30. The largest absolute Gasteiger partial charge is 0.493 e. The van der Waals surface area contributed by atoms with Crippen LogP contribution in [0.1, 0.15) is 23.7 Å². The summed E-state index contributed by atoms with van der Waals surface area (Å²) in [5, 5.41) is 1.93. The normalized spacial score (nSPS) is 11.8. The van der Waals surface area contributed by atoms with E-state index in [1.807, 2.05) is 11.4 Å². The summed E-state index contributed by atoms with van der Waals surface area (Å²) in [6.07, 6.45) is 0.218. The zero-order valence-electron chi connectivity index (χ0n) is 13.5. The summed E-state index contributed by atoms with van der Waals surface area (Å²) < 4.78 is 10.5. The Morgan fingerprint density at radius 2 is 2.09 bits per heavy atom. The van der Waals surface area contributed by atoms with Crippen molar-refractivity contribution in [1.82, 2.24) is 9.88 Å². The van der Waals surface area contributed by atoms with Gasteiger partial charge in [0.2, 0.25) is 5.91 Å². The average Bonchev–Trinajstić information content (AvgIpc) is 3.06. The van der Waals surface area contributed by atoms with Crippen LogP contribution in [-0.2, 0) is 11.3 Å². The van der Waals surface area contributed by atoms with Gasteiger partial charge in [0.05, 0.1) is 32.0 Å². The van der Waals surface area contributed by atoms with Crippen LogP contribution >= 0.6 is 11.3 Å². The summed E-state index contributed by atoms with van der Waals surface area (Å²) in [5.74, 6) is 1.21. The Labute approximate surface area is 139 Å². The minimum atomic E-state index is -0.403. The number of ether oxygens (including phenoxy) is 2. The van der Waals surface area contributed by atoms with Crippen molar-refractivity contribution in [1.29, 1.82) is 0 Å². The fraction of sp³-hybridized carbons (Fsp3) is 0.375. The number of hydrogen-bond acceptors (Lipinski definition) is 6. The number of thiazole rings is 1. The highest BCUT2D eigenvalue weighted by molar-refractivity contribution is 7.07. The van der Waals surface area contributed by atoms with Crippen molar-refractivity contribution in [2.75, 3.05) is 21.3 Å². The molecule has 0 aliphatic rings. The summed E-state index contributed by atoms with van der Waals surface area (Å²) in [5.41, 5.74) is 9.63. The summed E-state index contributed by atoms with van der Waals surface area (Å²) in [4.78, 5) is 18.1. The zero-order chi connectivity index (χ0) is 16.8. The topological polar surface area (TPSA) is 77.7 Å². The first kappa shape index (κ1) is 17.2. The molecule has 6 nitrogen and oxygen atoms in total. The molecular formula is C16H21N3O3S. The van der Waals surface area contributed by atoms with E-state index in [9.17, 15) is 4.79 Å². The molecule has 0 saturated heterocycles. The van der Waals surface area contributed by atoms with Gasteiger partial charge in [0.1, 0.15) is 0 Å². The molecule has 1 amide bonds. The average molecular weight is 335 g/mol. The Morgan fingerprint density at radius 1 is 1.35 bits per heavy atom. The summed E-state index contributed by atoms with van der Waals surface area (Å²) in [6.45, 7) is 0.487. The Kier molecular flexibility index (Phi) is 5.95. The van der Waals surface area contributed by atoms with E-state index in [1.54, 1.807) is 43.8 Å². The molecular weight excluding hydrogens is 314 g/mol. The molecule has 23 heavy (non-hydrogen) atoms. The van der Waals surface area contributed by atoms with Gasteiger partial charge in [-0.2, -0.15) is 0 Å². The molecule has 2 rings (SSSR count). The Bertz CT molecular complexity index is 646. The van der Waals surface area contributed by atoms with Crippen LogP contribution in [0.25, 0.3) is 0 Å². The maximum absolute atomic E-state index is 12.3. The van der Waals surface area contributed by atoms with E-state index < -0.39 is 6.04 Å². The molecule has 0 aliphatic heterocycles. The van der Waals surface area contributed by atoms with E-state index in [0.29, 0.717) is 18.0 Å². The number of amides is 1. The molecule has 1 atom stereocenters. The van der Waals surface area contributed by atoms with Crippen molar-refractivity contribution in [3.8, 4) is 11.5 Å². The Morgan fingerprint density at radius 3 is 2.70 bits per heavy atom. The van der Waals surface area contributed by atoms with Crippen LogP contribution in [0.3, 0.4) is 0 Å². The highest BCUT2D eigenvalue weighted by atomic mass is 32.1. The number of carbonyl (C=O) groups is 1. The Hall–Kier alpha value is -2.12. The second-order valence-electron chi connectivity index (χ2n) is 5.15. The molecule has 7 heteroatoms. The molecule has 0 fully saturated rings. The van der Waals surface area contributed by atoms with Crippen LogP contribution in [0.5, 0.6) is 11.5 Å². The van der Waals surface area contributed by atoms with Gasteiger partial charge < -0.3 is 20.1 Å². The van der Waals surface area contributed by atoms with Crippen LogP contribution in [0.4, 0.5) is 0 Å². The third kappa shape index (κ3) is 4.43. The standard InChI is InChI=1S/C16H21N3O3S/c1-19(8-12-9-23-10-18-12)16(20)7-13(17)11-4-5-14(21-2)15(6-11)22-3/h4-6,9-10,13H,7-8,17H2,1-3H3/t13-/m0/s1. The number of nitrogens with two attached hydrogens (primary N) is 1. The molecule has 0 bridgehead atoms. The molecule has 0 saturated carbocycles. The SMILES string of the molecule is COc1ccc([C@@H](N)CC(=O)N(C)Cc2cscn2)cc1OC. The van der Waals surface area contributed by atoms with Gasteiger partial charge in [-0.3, -0.25) is 4.79 Å². The van der Waals surface area contributed by atoms with Gasteiger partial charge in [0.15, 0.2) is 11.5 Å². The quantitative estimate of drug-likeness (QED) is 0.839. The molecule has 1 aromatic carbocycles. The zero-order valence-corrected chi connectivity index (χ0v) is 14.3. The predicted molar refractivity (Wildman–Crippen MR) is 89.7 cm³/mol. The predicted octanol–water partition coefficient (Wildman–Crippen LogP) is 2.21. The third-order valence-corrected chi connectivity index (χ3v) is 4.17. The van der Waals surface area contributed by atoms with Crippen molar-refractivity contribution in [3.63, 3.8) is 0 Å². The monoisotopic (exact) mass is 335 g/mol. The lowest BCUT2D eigenvalue weighted by Crippen LogP contribution is -2.29. The van der Waals surface area contributed by atoms with Crippen molar-refractivity contribution >= 4 is 17.2 Å². The van der Waals surface area contributed by atoms with Gasteiger partial charge in [-0.15, -0.1) is 11.3 Å². The van der Waals surface area contributed by atoms with E-state index in [2.05, 4.69) is 4.98 Å². The molecule has 2 aromatic rings. The summed E-state index contributed by atoms with van der Waals surface area (Å²) >= 11 is 1.51. The van der Waals surface area contributed by atoms with Crippen LogP contribution in [-0.4, -0.2) is 37.1 Å². The van der Waals surface area contributed by atoms with Crippen molar-refractivity contribution in [2.24, 2.45) is 5.73 Å². The molecule has 0 spiro atoms. The maximum atomic E-state index is 12.3. The molecule has 0 aliphatic carbocycles. The number of rotatable bonds is 7. The van der Waals surface area contributed by atoms with E-state index in [1.165, 1.54) is 11.3 Å². The van der Waals surface area contributed by atoms with Crippen molar-refractivity contribution in [2.45, 2.75) is 19.0 Å². The second-order valence-corrected chi connectivity index (χ2v) is 5.87. The van der Waals surface area contributed by atoms with E-state index in [0.717, 1.165) is 11.3 Å². The molecule has 0 unspecified atom stereocenters. The molecule has 1 aromatic heterocycles. The first-order valence-corrected chi connectivity index (χ1v) is 8.08. The first-order chi connectivity index (χ1) is 11.0. The lowest BCUT2D eigenvalue weighted by atomic mass is 10.0. The highest BCUT2D eigenvalue weighted by Gasteiger charge is 2.17. The fourth-order valence-electron chi connectivity index (χ4n) is 2.19. The first-order valence-electron chi connectivity index (χ1n) is 7.13. The van der Waals surface area contributed by atoms with Gasteiger partial charge >= 0.3 is 0 Å². The molecule has 0 radical (unpaired) electrons. The smallest absolute Gasteiger partial charge is 0.224 e. The van der Waals surface area contributed by atoms with Gasteiger partial charge in [0.25, 0.3) is 0 Å². The van der Waals surface area contributed by atoms with Crippen LogP contribution in [0.15, 0.2) is 29.1 Å².